The minimum atomic E-state index is -0.00761. The number of carbonyl (C=O) groups excluding carboxylic acids is 1. The molecule has 1 amide bonds. The van der Waals surface area contributed by atoms with Crippen molar-refractivity contribution in [2.75, 3.05) is 25.0 Å². The largest absolute Gasteiger partial charge is 0.342 e. The number of likely N-dealkylation sites (tertiary alicyclic amines) is 1. The van der Waals surface area contributed by atoms with Gasteiger partial charge in [-0.15, -0.1) is 11.3 Å². The van der Waals surface area contributed by atoms with E-state index in [-0.39, 0.29) is 5.91 Å². The molecule has 1 aromatic carbocycles. The molecule has 1 saturated heterocycles. The van der Waals surface area contributed by atoms with Crippen LogP contribution in [-0.4, -0.2) is 45.4 Å². The summed E-state index contributed by atoms with van der Waals surface area (Å²) in [7, 11) is 0. The van der Waals surface area contributed by atoms with E-state index in [2.05, 4.69) is 20.2 Å². The summed E-state index contributed by atoms with van der Waals surface area (Å²) in [6, 6.07) is 5.71. The number of rotatable bonds is 4. The molecule has 25 heavy (non-hydrogen) atoms. The summed E-state index contributed by atoms with van der Waals surface area (Å²) in [5, 5.41) is 6.05. The number of anilines is 1. The fourth-order valence-electron chi connectivity index (χ4n) is 3.21. The van der Waals surface area contributed by atoms with Crippen molar-refractivity contribution < 1.29 is 4.79 Å². The minimum Gasteiger partial charge on any atom is -0.342 e. The number of H-pyrrole nitrogens is 1. The molecule has 2 aromatic heterocycles. The van der Waals surface area contributed by atoms with Gasteiger partial charge >= 0.3 is 0 Å². The molecule has 0 unspecified atom stereocenters. The van der Waals surface area contributed by atoms with Crippen LogP contribution < -0.4 is 5.32 Å². The van der Waals surface area contributed by atoms with Gasteiger partial charge in [-0.2, -0.15) is 0 Å². The van der Waals surface area contributed by atoms with Gasteiger partial charge in [-0.25, -0.2) is 9.97 Å². The molecular formula is C17H18ClN5OS. The SMILES string of the molecule is O=C(CN1CCC(c2nc3ccc(Cl)cc3[nH]2)CC1)Nc1nccs1. The van der Waals surface area contributed by atoms with E-state index in [1.165, 1.54) is 11.3 Å². The Labute approximate surface area is 154 Å². The van der Waals surface area contributed by atoms with Crippen molar-refractivity contribution >= 4 is 45.0 Å². The Morgan fingerprint density at radius 3 is 3.00 bits per heavy atom. The molecule has 6 nitrogen and oxygen atoms in total. The van der Waals surface area contributed by atoms with Crippen LogP contribution in [0, 0.1) is 0 Å². The number of benzene rings is 1. The molecule has 4 rings (SSSR count). The molecule has 0 aliphatic carbocycles. The molecule has 3 heterocycles. The maximum Gasteiger partial charge on any atom is 0.240 e. The second-order valence-electron chi connectivity index (χ2n) is 6.22. The van der Waals surface area contributed by atoms with Crippen LogP contribution in [0.3, 0.4) is 0 Å². The maximum atomic E-state index is 12.1. The molecule has 1 aliphatic heterocycles. The zero-order valence-electron chi connectivity index (χ0n) is 13.5. The highest BCUT2D eigenvalue weighted by atomic mass is 35.5. The second-order valence-corrected chi connectivity index (χ2v) is 7.55. The van der Waals surface area contributed by atoms with E-state index in [0.717, 1.165) is 42.8 Å². The predicted octanol–water partition coefficient (Wildman–Crippen LogP) is 3.49. The van der Waals surface area contributed by atoms with Gasteiger partial charge in [0.25, 0.3) is 0 Å². The molecule has 0 bridgehead atoms. The number of aromatic amines is 1. The number of piperidine rings is 1. The molecule has 1 aliphatic rings. The van der Waals surface area contributed by atoms with Crippen molar-refractivity contribution in [3.63, 3.8) is 0 Å². The zero-order chi connectivity index (χ0) is 17.2. The Bertz CT molecular complexity index is 870. The van der Waals surface area contributed by atoms with Crippen LogP contribution >= 0.6 is 22.9 Å². The first kappa shape index (κ1) is 16.5. The Kier molecular flexibility index (Phi) is 4.70. The smallest absolute Gasteiger partial charge is 0.240 e. The molecule has 1 fully saturated rings. The zero-order valence-corrected chi connectivity index (χ0v) is 15.1. The highest BCUT2D eigenvalue weighted by molar-refractivity contribution is 7.13. The Morgan fingerprint density at radius 2 is 2.24 bits per heavy atom. The Morgan fingerprint density at radius 1 is 1.40 bits per heavy atom. The van der Waals surface area contributed by atoms with Crippen molar-refractivity contribution in [3.05, 3.63) is 40.6 Å². The van der Waals surface area contributed by atoms with Crippen LogP contribution in [-0.2, 0) is 4.79 Å². The molecule has 0 saturated carbocycles. The number of aromatic nitrogens is 3. The number of thiazole rings is 1. The minimum absolute atomic E-state index is 0.00761. The van der Waals surface area contributed by atoms with Crippen LogP contribution in [0.5, 0.6) is 0 Å². The first-order valence-corrected chi connectivity index (χ1v) is 9.50. The Hall–Kier alpha value is -1.96. The van der Waals surface area contributed by atoms with E-state index in [4.69, 9.17) is 16.6 Å². The van der Waals surface area contributed by atoms with Gasteiger partial charge in [0.1, 0.15) is 5.82 Å². The normalized spacial score (nSPS) is 16.4. The summed E-state index contributed by atoms with van der Waals surface area (Å²) in [5.74, 6) is 1.40. The van der Waals surface area contributed by atoms with E-state index in [9.17, 15) is 4.79 Å². The van der Waals surface area contributed by atoms with E-state index < -0.39 is 0 Å². The third-order valence-electron chi connectivity index (χ3n) is 4.48. The first-order valence-electron chi connectivity index (χ1n) is 8.24. The molecule has 2 N–H and O–H groups in total. The van der Waals surface area contributed by atoms with Gasteiger partial charge in [-0.3, -0.25) is 9.69 Å². The third kappa shape index (κ3) is 3.84. The summed E-state index contributed by atoms with van der Waals surface area (Å²) < 4.78 is 0. The van der Waals surface area contributed by atoms with E-state index in [1.807, 2.05) is 23.6 Å². The lowest BCUT2D eigenvalue weighted by Gasteiger charge is -2.30. The molecule has 130 valence electrons. The molecule has 8 heteroatoms. The van der Waals surface area contributed by atoms with Crippen LogP contribution in [0.15, 0.2) is 29.8 Å². The van der Waals surface area contributed by atoms with Gasteiger partial charge in [0.2, 0.25) is 5.91 Å². The van der Waals surface area contributed by atoms with Crippen LogP contribution in [0.25, 0.3) is 11.0 Å². The van der Waals surface area contributed by atoms with E-state index in [1.54, 1.807) is 6.20 Å². The Balaban J connectivity index is 1.33. The third-order valence-corrected chi connectivity index (χ3v) is 5.41. The summed E-state index contributed by atoms with van der Waals surface area (Å²) in [4.78, 5) is 26.4. The number of imidazole rings is 1. The number of amides is 1. The predicted molar refractivity (Wildman–Crippen MR) is 100 cm³/mol. The number of carbonyl (C=O) groups is 1. The lowest BCUT2D eigenvalue weighted by Crippen LogP contribution is -2.38. The second kappa shape index (κ2) is 7.11. The van der Waals surface area contributed by atoms with Crippen molar-refractivity contribution in [3.8, 4) is 0 Å². The molecule has 0 spiro atoms. The van der Waals surface area contributed by atoms with Crippen molar-refractivity contribution in [2.45, 2.75) is 18.8 Å². The number of hydrogen-bond acceptors (Lipinski definition) is 5. The van der Waals surface area contributed by atoms with Gasteiger partial charge in [0, 0.05) is 22.5 Å². The number of nitrogens with zero attached hydrogens (tertiary/aromatic N) is 3. The maximum absolute atomic E-state index is 12.1. The first-order chi connectivity index (χ1) is 12.2. The van der Waals surface area contributed by atoms with Crippen molar-refractivity contribution in [1.82, 2.24) is 19.9 Å². The van der Waals surface area contributed by atoms with Crippen molar-refractivity contribution in [1.29, 1.82) is 0 Å². The average Bonchev–Trinajstić information content (AvgIpc) is 3.24. The summed E-state index contributed by atoms with van der Waals surface area (Å²) >= 11 is 7.47. The lowest BCUT2D eigenvalue weighted by molar-refractivity contribution is -0.117. The van der Waals surface area contributed by atoms with Crippen molar-refractivity contribution in [2.24, 2.45) is 0 Å². The molecule has 0 radical (unpaired) electrons. The molecular weight excluding hydrogens is 358 g/mol. The highest BCUT2D eigenvalue weighted by Crippen LogP contribution is 2.28. The van der Waals surface area contributed by atoms with Crippen LogP contribution in [0.4, 0.5) is 5.13 Å². The van der Waals surface area contributed by atoms with E-state index >= 15 is 0 Å². The highest BCUT2D eigenvalue weighted by Gasteiger charge is 2.24. The number of hydrogen-bond donors (Lipinski definition) is 2. The topological polar surface area (TPSA) is 73.9 Å². The monoisotopic (exact) mass is 375 g/mol. The number of nitrogens with one attached hydrogen (secondary N) is 2. The van der Waals surface area contributed by atoms with Gasteiger partial charge in [0.05, 0.1) is 17.6 Å². The standard InChI is InChI=1S/C17H18ClN5OS/c18-12-1-2-13-14(9-12)21-16(20-13)11-3-6-23(7-4-11)10-15(24)22-17-19-5-8-25-17/h1-2,5,8-9,11H,3-4,6-7,10H2,(H,20,21)(H,19,22,24). The fraction of sp³-hybridized carbons (Fsp3) is 0.353. The molecule has 0 atom stereocenters. The summed E-state index contributed by atoms with van der Waals surface area (Å²) in [6.45, 7) is 2.17. The van der Waals surface area contributed by atoms with Crippen LogP contribution in [0.1, 0.15) is 24.6 Å². The number of halogens is 1. The average molecular weight is 376 g/mol. The van der Waals surface area contributed by atoms with Gasteiger partial charge < -0.3 is 10.3 Å². The summed E-state index contributed by atoms with van der Waals surface area (Å²) in [6.07, 6.45) is 3.66. The fourth-order valence-corrected chi connectivity index (χ4v) is 3.92. The van der Waals surface area contributed by atoms with Crippen LogP contribution in [0.2, 0.25) is 5.02 Å². The number of fused-ring (bicyclic) bond motifs is 1. The quantitative estimate of drug-likeness (QED) is 0.732. The van der Waals surface area contributed by atoms with Gasteiger partial charge in [-0.05, 0) is 44.1 Å². The molecule has 3 aromatic rings. The summed E-state index contributed by atoms with van der Waals surface area (Å²) in [5.41, 5.74) is 1.93. The lowest BCUT2D eigenvalue weighted by atomic mass is 9.96. The van der Waals surface area contributed by atoms with E-state index in [0.29, 0.717) is 22.6 Å². The van der Waals surface area contributed by atoms with Gasteiger partial charge in [0.15, 0.2) is 5.13 Å². The van der Waals surface area contributed by atoms with Gasteiger partial charge in [-0.1, -0.05) is 11.6 Å².